The predicted molar refractivity (Wildman–Crippen MR) is 139 cm³/mol. The molecule has 4 rings (SSSR count). The van der Waals surface area contributed by atoms with Crippen molar-refractivity contribution >= 4 is 46.4 Å². The van der Waals surface area contributed by atoms with Gasteiger partial charge in [-0.3, -0.25) is 9.59 Å². The Kier molecular flexibility index (Phi) is 7.63. The number of carbonyl (C=O) groups excluding carboxylic acids is 2. The molecule has 0 atom stereocenters. The van der Waals surface area contributed by atoms with E-state index in [1.54, 1.807) is 23.1 Å². The van der Waals surface area contributed by atoms with Crippen LogP contribution in [-0.4, -0.2) is 11.8 Å². The summed E-state index contributed by atoms with van der Waals surface area (Å²) in [5, 5.41) is 3.64. The van der Waals surface area contributed by atoms with Crippen LogP contribution in [0.1, 0.15) is 21.5 Å². The van der Waals surface area contributed by atoms with Crippen molar-refractivity contribution in [3.63, 3.8) is 0 Å². The highest BCUT2D eigenvalue weighted by Gasteiger charge is 2.21. The molecular weight excluding hydrogens is 467 g/mol. The monoisotopic (exact) mass is 488 g/mol. The first-order valence-electron chi connectivity index (χ1n) is 10.7. The van der Waals surface area contributed by atoms with Crippen LogP contribution in [0, 0.1) is 0 Å². The highest BCUT2D eigenvalue weighted by atomic mass is 35.5. The normalized spacial score (nSPS) is 10.5. The van der Waals surface area contributed by atoms with Crippen molar-refractivity contribution in [2.24, 2.45) is 0 Å². The van der Waals surface area contributed by atoms with Crippen LogP contribution < -0.4 is 10.2 Å². The molecular formula is C28H22Cl2N2O2. The van der Waals surface area contributed by atoms with Gasteiger partial charge >= 0.3 is 0 Å². The number of carbonyl (C=O) groups is 2. The Morgan fingerprint density at radius 2 is 1.41 bits per heavy atom. The maximum absolute atomic E-state index is 13.6. The minimum Gasteiger partial charge on any atom is -0.326 e. The zero-order valence-electron chi connectivity index (χ0n) is 18.2. The minimum absolute atomic E-state index is 0.134. The van der Waals surface area contributed by atoms with E-state index in [2.05, 4.69) is 5.32 Å². The van der Waals surface area contributed by atoms with Crippen LogP contribution in [0.15, 0.2) is 103 Å². The van der Waals surface area contributed by atoms with Crippen LogP contribution in [0.25, 0.3) is 0 Å². The third kappa shape index (κ3) is 6.04. The Morgan fingerprint density at radius 3 is 2.12 bits per heavy atom. The van der Waals surface area contributed by atoms with Crippen molar-refractivity contribution in [1.29, 1.82) is 0 Å². The molecule has 4 aromatic rings. The summed E-state index contributed by atoms with van der Waals surface area (Å²) in [4.78, 5) is 27.8. The minimum atomic E-state index is -0.253. The standard InChI is InChI=1S/C28H22Cl2N2O2/c29-22-14-15-25(26(30)18-22)28(34)32(19-20-8-3-1-4-9-20)24-13-7-10-21(16-24)17-27(33)31-23-11-5-2-6-12-23/h1-16,18H,17,19H2,(H,31,33). The molecule has 170 valence electrons. The number of rotatable bonds is 7. The van der Waals surface area contributed by atoms with E-state index in [1.165, 1.54) is 0 Å². The van der Waals surface area contributed by atoms with Crippen LogP contribution in [0.5, 0.6) is 0 Å². The fourth-order valence-electron chi connectivity index (χ4n) is 3.60. The van der Waals surface area contributed by atoms with E-state index in [4.69, 9.17) is 23.2 Å². The van der Waals surface area contributed by atoms with E-state index in [0.29, 0.717) is 22.8 Å². The molecule has 0 radical (unpaired) electrons. The maximum atomic E-state index is 13.6. The highest BCUT2D eigenvalue weighted by molar-refractivity contribution is 6.37. The molecule has 0 saturated carbocycles. The van der Waals surface area contributed by atoms with E-state index >= 15 is 0 Å². The molecule has 0 fully saturated rings. The van der Waals surface area contributed by atoms with E-state index in [0.717, 1.165) is 16.8 Å². The molecule has 0 aliphatic rings. The summed E-state index contributed by atoms with van der Waals surface area (Å²) in [7, 11) is 0. The Bertz CT molecular complexity index is 1290. The lowest BCUT2D eigenvalue weighted by Gasteiger charge is -2.24. The van der Waals surface area contributed by atoms with Crippen molar-refractivity contribution in [3.05, 3.63) is 130 Å². The second-order valence-electron chi connectivity index (χ2n) is 7.76. The van der Waals surface area contributed by atoms with E-state index in [-0.39, 0.29) is 23.3 Å². The molecule has 0 saturated heterocycles. The van der Waals surface area contributed by atoms with Gasteiger partial charge in [0.2, 0.25) is 5.91 Å². The first kappa shape index (κ1) is 23.6. The fraction of sp³-hybridized carbons (Fsp3) is 0.0714. The fourth-order valence-corrected chi connectivity index (χ4v) is 4.09. The number of nitrogens with zero attached hydrogens (tertiary/aromatic N) is 1. The first-order valence-corrected chi connectivity index (χ1v) is 11.5. The average Bonchev–Trinajstić information content (AvgIpc) is 2.83. The molecule has 0 aliphatic heterocycles. The van der Waals surface area contributed by atoms with Gasteiger partial charge in [0.05, 0.1) is 23.6 Å². The summed E-state index contributed by atoms with van der Waals surface area (Å²) < 4.78 is 0. The highest BCUT2D eigenvalue weighted by Crippen LogP contribution is 2.27. The molecule has 34 heavy (non-hydrogen) atoms. The lowest BCUT2D eigenvalue weighted by Crippen LogP contribution is -2.30. The molecule has 0 spiro atoms. The number of hydrogen-bond acceptors (Lipinski definition) is 2. The van der Waals surface area contributed by atoms with Gasteiger partial charge in [-0.15, -0.1) is 0 Å². The van der Waals surface area contributed by atoms with Gasteiger partial charge in [0.1, 0.15) is 0 Å². The Morgan fingerprint density at radius 1 is 0.735 bits per heavy atom. The molecule has 0 aromatic heterocycles. The summed E-state index contributed by atoms with van der Waals surface area (Å²) in [6.07, 6.45) is 0.178. The Hall–Kier alpha value is -3.60. The van der Waals surface area contributed by atoms with Crippen LogP contribution >= 0.6 is 23.2 Å². The van der Waals surface area contributed by atoms with E-state index in [9.17, 15) is 9.59 Å². The van der Waals surface area contributed by atoms with Crippen molar-refractivity contribution < 1.29 is 9.59 Å². The molecule has 0 heterocycles. The number of anilines is 2. The summed E-state index contributed by atoms with van der Waals surface area (Å²) >= 11 is 12.4. The summed E-state index contributed by atoms with van der Waals surface area (Å²) in [6, 6.07) is 31.3. The molecule has 4 nitrogen and oxygen atoms in total. The van der Waals surface area contributed by atoms with Crippen molar-refractivity contribution in [2.45, 2.75) is 13.0 Å². The number of para-hydroxylation sites is 1. The van der Waals surface area contributed by atoms with Gasteiger partial charge in [0.15, 0.2) is 0 Å². The Balaban J connectivity index is 1.62. The van der Waals surface area contributed by atoms with Gasteiger partial charge in [0.25, 0.3) is 5.91 Å². The molecule has 4 aromatic carbocycles. The van der Waals surface area contributed by atoms with Gasteiger partial charge in [-0.05, 0) is 53.6 Å². The molecule has 0 aliphatic carbocycles. The first-order chi connectivity index (χ1) is 16.5. The average molecular weight is 489 g/mol. The van der Waals surface area contributed by atoms with Gasteiger partial charge in [0, 0.05) is 16.4 Å². The van der Waals surface area contributed by atoms with Crippen LogP contribution in [0.3, 0.4) is 0 Å². The topological polar surface area (TPSA) is 49.4 Å². The third-order valence-electron chi connectivity index (χ3n) is 5.23. The number of amides is 2. The SMILES string of the molecule is O=C(Cc1cccc(N(Cc2ccccc2)C(=O)c2ccc(Cl)cc2Cl)c1)Nc1ccccc1. The second kappa shape index (κ2) is 11.0. The van der Waals surface area contributed by atoms with Crippen molar-refractivity contribution in [1.82, 2.24) is 0 Å². The summed E-state index contributed by atoms with van der Waals surface area (Å²) in [5.74, 6) is -0.388. The number of nitrogens with one attached hydrogen (secondary N) is 1. The van der Waals surface area contributed by atoms with Gasteiger partial charge < -0.3 is 10.2 Å². The van der Waals surface area contributed by atoms with Gasteiger partial charge in [-0.25, -0.2) is 0 Å². The maximum Gasteiger partial charge on any atom is 0.260 e. The van der Waals surface area contributed by atoms with Crippen LogP contribution in [-0.2, 0) is 17.8 Å². The lowest BCUT2D eigenvalue weighted by atomic mass is 10.1. The summed E-state index contributed by atoms with van der Waals surface area (Å²) in [6.45, 7) is 0.346. The van der Waals surface area contributed by atoms with Gasteiger partial charge in [-0.1, -0.05) is 83.9 Å². The quantitative estimate of drug-likeness (QED) is 0.303. The van der Waals surface area contributed by atoms with Crippen molar-refractivity contribution in [2.75, 3.05) is 10.2 Å². The summed E-state index contributed by atoms with van der Waals surface area (Å²) in [5.41, 5.74) is 3.52. The third-order valence-corrected chi connectivity index (χ3v) is 5.78. The predicted octanol–water partition coefficient (Wildman–Crippen LogP) is 7.02. The number of hydrogen-bond donors (Lipinski definition) is 1. The second-order valence-corrected chi connectivity index (χ2v) is 8.61. The van der Waals surface area contributed by atoms with Crippen molar-refractivity contribution in [3.8, 4) is 0 Å². The zero-order valence-corrected chi connectivity index (χ0v) is 19.8. The Labute approximate surface area is 208 Å². The largest absolute Gasteiger partial charge is 0.326 e. The van der Waals surface area contributed by atoms with E-state index in [1.807, 2.05) is 84.9 Å². The molecule has 0 bridgehead atoms. The lowest BCUT2D eigenvalue weighted by molar-refractivity contribution is -0.115. The van der Waals surface area contributed by atoms with Crippen LogP contribution in [0.2, 0.25) is 10.0 Å². The molecule has 0 unspecified atom stereocenters. The van der Waals surface area contributed by atoms with Crippen LogP contribution in [0.4, 0.5) is 11.4 Å². The molecule has 1 N–H and O–H groups in total. The zero-order chi connectivity index (χ0) is 23.9. The number of benzene rings is 4. The van der Waals surface area contributed by atoms with Gasteiger partial charge in [-0.2, -0.15) is 0 Å². The molecule has 2 amide bonds. The molecule has 6 heteroatoms. The van der Waals surface area contributed by atoms with E-state index < -0.39 is 0 Å². The number of halogens is 2. The smallest absolute Gasteiger partial charge is 0.260 e.